The van der Waals surface area contributed by atoms with Gasteiger partial charge < -0.3 is 4.74 Å². The van der Waals surface area contributed by atoms with E-state index in [4.69, 9.17) is 15.4 Å². The SMILES string of the molecule is CCCOc1ccccc1NS(=O)(=O)Cl. The lowest BCUT2D eigenvalue weighted by molar-refractivity contribution is 0.319. The second-order valence-electron chi connectivity index (χ2n) is 2.88. The summed E-state index contributed by atoms with van der Waals surface area (Å²) in [6.45, 7) is 2.50. The molecule has 0 saturated carbocycles. The molecule has 6 heteroatoms. The van der Waals surface area contributed by atoms with Gasteiger partial charge >= 0.3 is 9.24 Å². The van der Waals surface area contributed by atoms with Crippen LogP contribution in [-0.4, -0.2) is 15.0 Å². The molecule has 15 heavy (non-hydrogen) atoms. The Bertz CT molecular complexity index is 419. The van der Waals surface area contributed by atoms with Crippen molar-refractivity contribution in [2.75, 3.05) is 11.3 Å². The van der Waals surface area contributed by atoms with Gasteiger partial charge in [-0.3, -0.25) is 4.72 Å². The van der Waals surface area contributed by atoms with Crippen LogP contribution in [0.4, 0.5) is 5.69 Å². The molecular weight excluding hydrogens is 238 g/mol. The van der Waals surface area contributed by atoms with Gasteiger partial charge in [-0.05, 0) is 18.6 Å². The van der Waals surface area contributed by atoms with Gasteiger partial charge in [0.1, 0.15) is 5.75 Å². The Morgan fingerprint density at radius 3 is 2.67 bits per heavy atom. The Hall–Kier alpha value is -0.940. The van der Waals surface area contributed by atoms with E-state index in [-0.39, 0.29) is 0 Å². The summed E-state index contributed by atoms with van der Waals surface area (Å²) in [5.41, 5.74) is 0.348. The zero-order chi connectivity index (χ0) is 11.3. The Morgan fingerprint density at radius 1 is 1.40 bits per heavy atom. The molecule has 4 nitrogen and oxygen atoms in total. The molecule has 0 unspecified atom stereocenters. The molecule has 0 atom stereocenters. The lowest BCUT2D eigenvalue weighted by Crippen LogP contribution is -2.06. The molecule has 1 N–H and O–H groups in total. The molecule has 0 radical (unpaired) electrons. The smallest absolute Gasteiger partial charge is 0.319 e. The van der Waals surface area contributed by atoms with Crippen LogP contribution in [0.25, 0.3) is 0 Å². The van der Waals surface area contributed by atoms with E-state index in [0.29, 0.717) is 18.0 Å². The van der Waals surface area contributed by atoms with Gasteiger partial charge in [0.25, 0.3) is 0 Å². The lowest BCUT2D eigenvalue weighted by Gasteiger charge is -2.10. The van der Waals surface area contributed by atoms with Gasteiger partial charge in [-0.2, -0.15) is 8.42 Å². The minimum atomic E-state index is -3.78. The first kappa shape index (κ1) is 12.1. The van der Waals surface area contributed by atoms with Gasteiger partial charge in [-0.25, -0.2) is 0 Å². The molecule has 0 heterocycles. The molecule has 0 amide bonds. The number of benzene rings is 1. The highest BCUT2D eigenvalue weighted by molar-refractivity contribution is 8.14. The van der Waals surface area contributed by atoms with E-state index in [2.05, 4.69) is 4.72 Å². The number of ether oxygens (including phenoxy) is 1. The van der Waals surface area contributed by atoms with Crippen LogP contribution in [0.15, 0.2) is 24.3 Å². The maximum absolute atomic E-state index is 10.8. The van der Waals surface area contributed by atoms with Crippen molar-refractivity contribution in [1.29, 1.82) is 0 Å². The number of anilines is 1. The van der Waals surface area contributed by atoms with E-state index in [1.54, 1.807) is 24.3 Å². The predicted octanol–water partition coefficient (Wildman–Crippen LogP) is 2.37. The minimum Gasteiger partial charge on any atom is -0.491 e. The Balaban J connectivity index is 2.86. The first-order chi connectivity index (χ1) is 7.03. The number of halogens is 1. The maximum Gasteiger partial charge on any atom is 0.319 e. The van der Waals surface area contributed by atoms with Crippen LogP contribution in [-0.2, 0) is 9.24 Å². The van der Waals surface area contributed by atoms with E-state index in [0.717, 1.165) is 6.42 Å². The van der Waals surface area contributed by atoms with Crippen molar-refractivity contribution in [3.05, 3.63) is 24.3 Å². The lowest BCUT2D eigenvalue weighted by atomic mass is 10.3. The number of rotatable bonds is 5. The fourth-order valence-corrected chi connectivity index (χ4v) is 1.70. The average molecular weight is 250 g/mol. The Kier molecular flexibility index (Phi) is 4.23. The normalized spacial score (nSPS) is 11.1. The number of para-hydroxylation sites is 2. The zero-order valence-electron chi connectivity index (χ0n) is 8.23. The van der Waals surface area contributed by atoms with Gasteiger partial charge in [0.15, 0.2) is 0 Å². The molecule has 0 aliphatic heterocycles. The third-order valence-corrected chi connectivity index (χ3v) is 2.28. The van der Waals surface area contributed by atoms with Crippen molar-refractivity contribution in [2.24, 2.45) is 0 Å². The van der Waals surface area contributed by atoms with Crippen molar-refractivity contribution in [1.82, 2.24) is 0 Å². The summed E-state index contributed by atoms with van der Waals surface area (Å²) in [7, 11) is 1.30. The van der Waals surface area contributed by atoms with E-state index < -0.39 is 9.24 Å². The fraction of sp³-hybridized carbons (Fsp3) is 0.333. The number of hydrogen-bond acceptors (Lipinski definition) is 3. The summed E-state index contributed by atoms with van der Waals surface area (Å²) in [4.78, 5) is 0. The van der Waals surface area contributed by atoms with Crippen LogP contribution >= 0.6 is 10.7 Å². The summed E-state index contributed by atoms with van der Waals surface area (Å²) < 4.78 is 29.2. The van der Waals surface area contributed by atoms with Crippen LogP contribution in [0.2, 0.25) is 0 Å². The van der Waals surface area contributed by atoms with Crippen LogP contribution in [0.5, 0.6) is 5.75 Å². The quantitative estimate of drug-likeness (QED) is 0.815. The minimum absolute atomic E-state index is 0.348. The summed E-state index contributed by atoms with van der Waals surface area (Å²) in [5, 5.41) is 0. The second kappa shape index (κ2) is 5.23. The molecule has 1 aromatic rings. The zero-order valence-corrected chi connectivity index (χ0v) is 9.81. The highest BCUT2D eigenvalue weighted by Gasteiger charge is 2.08. The van der Waals surface area contributed by atoms with E-state index in [1.165, 1.54) is 0 Å². The molecule has 0 aliphatic rings. The summed E-state index contributed by atoms with van der Waals surface area (Å²) in [6, 6.07) is 6.73. The van der Waals surface area contributed by atoms with E-state index >= 15 is 0 Å². The highest BCUT2D eigenvalue weighted by Crippen LogP contribution is 2.25. The third kappa shape index (κ3) is 4.40. The molecule has 0 aliphatic carbocycles. The molecule has 84 valence electrons. The molecule has 0 spiro atoms. The van der Waals surface area contributed by atoms with Crippen molar-refractivity contribution in [3.63, 3.8) is 0 Å². The summed E-state index contributed by atoms with van der Waals surface area (Å²) >= 11 is 0. The standard InChI is InChI=1S/C9H12ClNO3S/c1-2-7-14-9-6-4-3-5-8(9)11-15(10,12)13/h3-6,11H,2,7H2,1H3. The van der Waals surface area contributed by atoms with E-state index in [9.17, 15) is 8.42 Å². The number of hydrogen-bond donors (Lipinski definition) is 1. The molecule has 1 aromatic carbocycles. The predicted molar refractivity (Wildman–Crippen MR) is 60.6 cm³/mol. The van der Waals surface area contributed by atoms with Crippen molar-refractivity contribution >= 4 is 25.6 Å². The molecule has 0 fully saturated rings. The van der Waals surface area contributed by atoms with Gasteiger partial charge in [-0.15, -0.1) is 0 Å². The molecule has 0 bridgehead atoms. The second-order valence-corrected chi connectivity index (χ2v) is 5.18. The summed E-state index contributed by atoms with van der Waals surface area (Å²) in [5.74, 6) is 0.476. The van der Waals surface area contributed by atoms with Gasteiger partial charge in [-0.1, -0.05) is 19.1 Å². The van der Waals surface area contributed by atoms with Crippen LogP contribution in [0.1, 0.15) is 13.3 Å². The fourth-order valence-electron chi connectivity index (χ4n) is 1.02. The monoisotopic (exact) mass is 249 g/mol. The highest BCUT2D eigenvalue weighted by atomic mass is 35.7. The maximum atomic E-state index is 10.8. The molecule has 0 saturated heterocycles. The van der Waals surface area contributed by atoms with Gasteiger partial charge in [0.05, 0.1) is 12.3 Å². The first-order valence-corrected chi connectivity index (χ1v) is 6.78. The third-order valence-electron chi connectivity index (χ3n) is 1.58. The van der Waals surface area contributed by atoms with Crippen LogP contribution in [0.3, 0.4) is 0 Å². The van der Waals surface area contributed by atoms with Crippen molar-refractivity contribution in [3.8, 4) is 5.75 Å². The Labute approximate surface area is 93.8 Å². The average Bonchev–Trinajstić information content (AvgIpc) is 2.14. The van der Waals surface area contributed by atoms with Gasteiger partial charge in [0.2, 0.25) is 0 Å². The Morgan fingerprint density at radius 2 is 2.07 bits per heavy atom. The molecule has 1 rings (SSSR count). The van der Waals surface area contributed by atoms with Crippen molar-refractivity contribution < 1.29 is 13.2 Å². The van der Waals surface area contributed by atoms with Gasteiger partial charge in [0, 0.05) is 10.7 Å². The van der Waals surface area contributed by atoms with Crippen LogP contribution < -0.4 is 9.46 Å². The topological polar surface area (TPSA) is 55.4 Å². The first-order valence-electron chi connectivity index (χ1n) is 4.47. The number of nitrogens with one attached hydrogen (secondary N) is 1. The van der Waals surface area contributed by atoms with Crippen LogP contribution in [0, 0.1) is 0 Å². The van der Waals surface area contributed by atoms with E-state index in [1.807, 2.05) is 6.92 Å². The molecular formula is C9H12ClNO3S. The largest absolute Gasteiger partial charge is 0.491 e. The summed E-state index contributed by atoms with van der Waals surface area (Å²) in [6.07, 6.45) is 0.849. The molecule has 0 aromatic heterocycles. The van der Waals surface area contributed by atoms with Crippen molar-refractivity contribution in [2.45, 2.75) is 13.3 Å².